The van der Waals surface area contributed by atoms with Gasteiger partial charge in [0.15, 0.2) is 0 Å². The van der Waals surface area contributed by atoms with Crippen LogP contribution in [0.25, 0.3) is 11.0 Å². The molecule has 2 aromatic heterocycles. The third-order valence-corrected chi connectivity index (χ3v) is 5.06. The minimum Gasteiger partial charge on any atom is -0.367 e. The fourth-order valence-corrected chi connectivity index (χ4v) is 4.03. The number of likely N-dealkylation sites (tertiary alicyclic amines) is 1. The molecule has 0 radical (unpaired) electrons. The Hall–Kier alpha value is -2.11. The summed E-state index contributed by atoms with van der Waals surface area (Å²) in [6.07, 6.45) is 4.13. The molecule has 1 saturated carbocycles. The van der Waals surface area contributed by atoms with Gasteiger partial charge < -0.3 is 15.2 Å². The van der Waals surface area contributed by atoms with Crippen LogP contribution < -0.4 is 5.32 Å². The molecule has 22 heavy (non-hydrogen) atoms. The smallest absolute Gasteiger partial charge is 0.219 e. The highest BCUT2D eigenvalue weighted by molar-refractivity contribution is 5.87. The van der Waals surface area contributed by atoms with E-state index in [1.807, 2.05) is 24.1 Å². The Kier molecular flexibility index (Phi) is 3.06. The topological polar surface area (TPSA) is 73.9 Å². The first-order chi connectivity index (χ1) is 10.6. The highest BCUT2D eigenvalue weighted by Gasteiger charge is 2.41. The summed E-state index contributed by atoms with van der Waals surface area (Å²) in [5.74, 6) is 3.17. The Morgan fingerprint density at radius 3 is 2.73 bits per heavy atom. The van der Waals surface area contributed by atoms with Gasteiger partial charge in [-0.1, -0.05) is 0 Å². The van der Waals surface area contributed by atoms with Crippen LogP contribution in [0.3, 0.4) is 0 Å². The molecule has 1 aliphatic heterocycles. The van der Waals surface area contributed by atoms with E-state index in [2.05, 4.69) is 20.3 Å². The highest BCUT2D eigenvalue weighted by atomic mass is 16.2. The molecule has 3 heterocycles. The molecule has 2 aliphatic rings. The molecule has 4 rings (SSSR count). The van der Waals surface area contributed by atoms with Gasteiger partial charge >= 0.3 is 0 Å². The standard InChI is InChI=1S/C16H21N5O/c1-9-18-15-14(3-4-17-15)16(19-9)20-13-5-11-7-21(10(2)22)8-12(11)6-13/h3-4,11-13H,5-8H2,1-2H3,(H2,17,18,19,20)/t11-,12+,13-. The normalized spacial score (nSPS) is 27.4. The van der Waals surface area contributed by atoms with Crippen LogP contribution in [0.1, 0.15) is 25.6 Å². The van der Waals surface area contributed by atoms with Crippen molar-refractivity contribution < 1.29 is 4.79 Å². The van der Waals surface area contributed by atoms with Crippen molar-refractivity contribution >= 4 is 22.8 Å². The number of carbonyl (C=O) groups excluding carboxylic acids is 1. The van der Waals surface area contributed by atoms with Crippen LogP contribution in [-0.2, 0) is 4.79 Å². The van der Waals surface area contributed by atoms with Crippen LogP contribution in [0.2, 0.25) is 0 Å². The zero-order valence-electron chi connectivity index (χ0n) is 13.0. The maximum Gasteiger partial charge on any atom is 0.219 e. The molecule has 0 bridgehead atoms. The molecule has 0 aromatic carbocycles. The first-order valence-electron chi connectivity index (χ1n) is 7.94. The van der Waals surface area contributed by atoms with Crippen LogP contribution in [-0.4, -0.2) is 44.9 Å². The van der Waals surface area contributed by atoms with Gasteiger partial charge in [-0.2, -0.15) is 0 Å². The summed E-state index contributed by atoms with van der Waals surface area (Å²) in [5, 5.41) is 4.66. The van der Waals surface area contributed by atoms with Crippen molar-refractivity contribution in [1.82, 2.24) is 19.9 Å². The minimum absolute atomic E-state index is 0.208. The molecule has 6 heteroatoms. The third-order valence-electron chi connectivity index (χ3n) is 5.06. The average Bonchev–Trinajstić information content (AvgIpc) is 3.11. The van der Waals surface area contributed by atoms with Crippen molar-refractivity contribution in [3.05, 3.63) is 18.1 Å². The number of aromatic nitrogens is 3. The predicted octanol–water partition coefficient (Wildman–Crippen LogP) is 1.94. The molecule has 2 fully saturated rings. The van der Waals surface area contributed by atoms with E-state index in [-0.39, 0.29) is 5.91 Å². The van der Waals surface area contributed by atoms with Crippen LogP contribution >= 0.6 is 0 Å². The second kappa shape index (κ2) is 4.97. The lowest BCUT2D eigenvalue weighted by Gasteiger charge is -2.19. The minimum atomic E-state index is 0.208. The monoisotopic (exact) mass is 299 g/mol. The number of carbonyl (C=O) groups is 1. The van der Waals surface area contributed by atoms with Crippen molar-refractivity contribution in [2.75, 3.05) is 18.4 Å². The SMILES string of the molecule is CC(=O)N1C[C@H]2C[C@@H](Nc3nc(C)nc4[nH]ccc34)C[C@H]2C1. The van der Waals surface area contributed by atoms with Crippen LogP contribution in [0.4, 0.5) is 5.82 Å². The molecule has 1 saturated heterocycles. The second-order valence-electron chi connectivity index (χ2n) is 6.62. The summed E-state index contributed by atoms with van der Waals surface area (Å²) < 4.78 is 0. The first kappa shape index (κ1) is 13.5. The Labute approximate surface area is 129 Å². The number of aryl methyl sites for hydroxylation is 1. The lowest BCUT2D eigenvalue weighted by Crippen LogP contribution is -2.29. The van der Waals surface area contributed by atoms with Crippen molar-refractivity contribution in [2.45, 2.75) is 32.7 Å². The Balaban J connectivity index is 1.49. The van der Waals surface area contributed by atoms with E-state index in [1.165, 1.54) is 0 Å². The fraction of sp³-hybridized carbons (Fsp3) is 0.562. The number of hydrogen-bond acceptors (Lipinski definition) is 4. The number of nitrogens with zero attached hydrogens (tertiary/aromatic N) is 3. The number of hydrogen-bond donors (Lipinski definition) is 2. The zero-order valence-corrected chi connectivity index (χ0v) is 13.0. The Morgan fingerprint density at radius 2 is 2.05 bits per heavy atom. The number of H-pyrrole nitrogens is 1. The maximum absolute atomic E-state index is 11.5. The summed E-state index contributed by atoms with van der Waals surface area (Å²) in [6.45, 7) is 5.42. The molecule has 2 aromatic rings. The summed E-state index contributed by atoms with van der Waals surface area (Å²) in [5.41, 5.74) is 0.885. The van der Waals surface area contributed by atoms with Gasteiger partial charge in [-0.3, -0.25) is 4.79 Å². The van der Waals surface area contributed by atoms with E-state index in [4.69, 9.17) is 0 Å². The van der Waals surface area contributed by atoms with E-state index >= 15 is 0 Å². The van der Waals surface area contributed by atoms with Gasteiger partial charge in [0.1, 0.15) is 17.3 Å². The van der Waals surface area contributed by atoms with Gasteiger partial charge in [0.05, 0.1) is 5.39 Å². The summed E-state index contributed by atoms with van der Waals surface area (Å²) in [6, 6.07) is 2.46. The highest BCUT2D eigenvalue weighted by Crippen LogP contribution is 2.39. The van der Waals surface area contributed by atoms with Gasteiger partial charge in [0, 0.05) is 32.3 Å². The van der Waals surface area contributed by atoms with Crippen molar-refractivity contribution in [3.8, 4) is 0 Å². The fourth-order valence-electron chi connectivity index (χ4n) is 4.03. The second-order valence-corrected chi connectivity index (χ2v) is 6.62. The summed E-state index contributed by atoms with van der Waals surface area (Å²) in [4.78, 5) is 25.6. The zero-order chi connectivity index (χ0) is 15.3. The molecule has 116 valence electrons. The lowest BCUT2D eigenvalue weighted by molar-refractivity contribution is -0.128. The number of fused-ring (bicyclic) bond motifs is 2. The van der Waals surface area contributed by atoms with E-state index in [1.54, 1.807) is 6.92 Å². The number of anilines is 1. The summed E-state index contributed by atoms with van der Waals surface area (Å²) >= 11 is 0. The Bertz CT molecular complexity index is 710. The van der Waals surface area contributed by atoms with Gasteiger partial charge in [-0.05, 0) is 37.7 Å². The maximum atomic E-state index is 11.5. The molecule has 1 amide bonds. The van der Waals surface area contributed by atoms with Crippen molar-refractivity contribution in [2.24, 2.45) is 11.8 Å². The van der Waals surface area contributed by atoms with Gasteiger partial charge in [-0.25, -0.2) is 9.97 Å². The average molecular weight is 299 g/mol. The molecule has 0 spiro atoms. The quantitative estimate of drug-likeness (QED) is 0.888. The molecule has 0 unspecified atom stereocenters. The van der Waals surface area contributed by atoms with E-state index in [0.29, 0.717) is 17.9 Å². The number of amides is 1. The Morgan fingerprint density at radius 1 is 1.32 bits per heavy atom. The third kappa shape index (κ3) is 2.23. The van der Waals surface area contributed by atoms with Gasteiger partial charge in [-0.15, -0.1) is 0 Å². The molecular weight excluding hydrogens is 278 g/mol. The van der Waals surface area contributed by atoms with E-state index in [9.17, 15) is 4.79 Å². The lowest BCUT2D eigenvalue weighted by atomic mass is 10.0. The number of aromatic amines is 1. The van der Waals surface area contributed by atoms with Crippen molar-refractivity contribution in [3.63, 3.8) is 0 Å². The molecule has 3 atom stereocenters. The van der Waals surface area contributed by atoms with Crippen LogP contribution in [0.15, 0.2) is 12.3 Å². The summed E-state index contributed by atoms with van der Waals surface area (Å²) in [7, 11) is 0. The molecular formula is C16H21N5O. The molecule has 1 aliphatic carbocycles. The van der Waals surface area contributed by atoms with E-state index in [0.717, 1.165) is 48.6 Å². The van der Waals surface area contributed by atoms with Gasteiger partial charge in [0.2, 0.25) is 5.91 Å². The molecule has 6 nitrogen and oxygen atoms in total. The predicted molar refractivity (Wildman–Crippen MR) is 84.5 cm³/mol. The van der Waals surface area contributed by atoms with E-state index < -0.39 is 0 Å². The van der Waals surface area contributed by atoms with Crippen molar-refractivity contribution in [1.29, 1.82) is 0 Å². The number of nitrogens with one attached hydrogen (secondary N) is 2. The number of rotatable bonds is 2. The largest absolute Gasteiger partial charge is 0.367 e. The van der Waals surface area contributed by atoms with Crippen LogP contribution in [0, 0.1) is 18.8 Å². The van der Waals surface area contributed by atoms with Crippen LogP contribution in [0.5, 0.6) is 0 Å². The first-order valence-corrected chi connectivity index (χ1v) is 7.94. The van der Waals surface area contributed by atoms with Gasteiger partial charge in [0.25, 0.3) is 0 Å². The molecule has 2 N–H and O–H groups in total.